The normalized spacial score (nSPS) is 28.9. The van der Waals surface area contributed by atoms with Crippen molar-refractivity contribution in [1.29, 1.82) is 5.26 Å². The maximum atomic E-state index is 10.6. The monoisotopic (exact) mass is 292 g/mol. The van der Waals surface area contributed by atoms with Gasteiger partial charge in [0.25, 0.3) is 0 Å². The molecule has 1 aromatic rings. The number of aryl methyl sites for hydroxylation is 1. The molecule has 2 rings (SSSR count). The van der Waals surface area contributed by atoms with Crippen molar-refractivity contribution >= 4 is 11.3 Å². The molecule has 0 radical (unpaired) electrons. The van der Waals surface area contributed by atoms with Gasteiger partial charge in [-0.05, 0) is 43.9 Å². The topological polar surface area (TPSA) is 56.9 Å². The highest BCUT2D eigenvalue weighted by atomic mass is 32.1. The van der Waals surface area contributed by atoms with Crippen molar-refractivity contribution in [2.24, 2.45) is 16.7 Å². The number of nitriles is 1. The SMILES string of the molecule is Cc1nc(C(O)C2(C#N)CCC(C(C)(C)C)CC2)cs1. The summed E-state index contributed by atoms with van der Waals surface area (Å²) < 4.78 is 0. The third kappa shape index (κ3) is 2.89. The predicted molar refractivity (Wildman–Crippen MR) is 81.3 cm³/mol. The van der Waals surface area contributed by atoms with Crippen molar-refractivity contribution in [2.45, 2.75) is 59.5 Å². The van der Waals surface area contributed by atoms with Crippen LogP contribution in [0.3, 0.4) is 0 Å². The van der Waals surface area contributed by atoms with Crippen LogP contribution < -0.4 is 0 Å². The summed E-state index contributed by atoms with van der Waals surface area (Å²) in [5.74, 6) is 0.633. The molecule has 0 aliphatic heterocycles. The Hall–Kier alpha value is -0.920. The van der Waals surface area contributed by atoms with Gasteiger partial charge in [0.1, 0.15) is 6.10 Å². The van der Waals surface area contributed by atoms with Crippen LogP contribution in [-0.2, 0) is 0 Å². The van der Waals surface area contributed by atoms with Crippen LogP contribution in [0.5, 0.6) is 0 Å². The first kappa shape index (κ1) is 15.5. The molecular formula is C16H24N2OS. The number of aliphatic hydroxyl groups is 1. The molecule has 1 atom stereocenters. The molecule has 1 aliphatic carbocycles. The van der Waals surface area contributed by atoms with E-state index in [0.29, 0.717) is 11.6 Å². The fourth-order valence-corrected chi connectivity index (χ4v) is 3.87. The molecule has 1 N–H and O–H groups in total. The van der Waals surface area contributed by atoms with Crippen molar-refractivity contribution in [3.05, 3.63) is 16.1 Å². The van der Waals surface area contributed by atoms with E-state index in [4.69, 9.17) is 0 Å². The van der Waals surface area contributed by atoms with E-state index in [1.807, 2.05) is 12.3 Å². The molecule has 1 aromatic heterocycles. The molecule has 3 nitrogen and oxygen atoms in total. The summed E-state index contributed by atoms with van der Waals surface area (Å²) in [5.41, 5.74) is 0.301. The number of hydrogen-bond donors (Lipinski definition) is 1. The highest BCUT2D eigenvalue weighted by Crippen LogP contribution is 2.50. The standard InChI is InChI=1S/C16H24N2OS/c1-11-18-13(9-20-11)14(19)16(10-17)7-5-12(6-8-16)15(2,3)4/h9,12,14,19H,5-8H2,1-4H3. The lowest BCUT2D eigenvalue weighted by Crippen LogP contribution is -2.36. The zero-order valence-electron chi connectivity index (χ0n) is 12.8. The molecule has 4 heteroatoms. The van der Waals surface area contributed by atoms with E-state index >= 15 is 0 Å². The van der Waals surface area contributed by atoms with Gasteiger partial charge in [-0.1, -0.05) is 20.8 Å². The minimum absolute atomic E-state index is 0.282. The molecule has 1 unspecified atom stereocenters. The van der Waals surface area contributed by atoms with Gasteiger partial charge >= 0.3 is 0 Å². The van der Waals surface area contributed by atoms with Gasteiger partial charge in [-0.25, -0.2) is 4.98 Å². The van der Waals surface area contributed by atoms with Gasteiger partial charge in [-0.15, -0.1) is 11.3 Å². The second kappa shape index (κ2) is 5.46. The van der Waals surface area contributed by atoms with Crippen LogP contribution in [0.15, 0.2) is 5.38 Å². The Bertz CT molecular complexity index is 501. The molecule has 0 aromatic carbocycles. The smallest absolute Gasteiger partial charge is 0.115 e. The zero-order chi connectivity index (χ0) is 15.0. The Balaban J connectivity index is 2.15. The van der Waals surface area contributed by atoms with Gasteiger partial charge in [0.15, 0.2) is 0 Å². The van der Waals surface area contributed by atoms with Crippen LogP contribution in [0, 0.1) is 35.0 Å². The maximum absolute atomic E-state index is 10.6. The van der Waals surface area contributed by atoms with Gasteiger partial charge in [0.2, 0.25) is 0 Å². The number of thiazole rings is 1. The van der Waals surface area contributed by atoms with E-state index < -0.39 is 11.5 Å². The minimum atomic E-state index is -0.752. The van der Waals surface area contributed by atoms with Crippen molar-refractivity contribution in [3.8, 4) is 6.07 Å². The maximum Gasteiger partial charge on any atom is 0.115 e. The van der Waals surface area contributed by atoms with Gasteiger partial charge in [0.05, 0.1) is 22.2 Å². The summed E-state index contributed by atoms with van der Waals surface area (Å²) >= 11 is 1.53. The lowest BCUT2D eigenvalue weighted by atomic mass is 9.62. The summed E-state index contributed by atoms with van der Waals surface area (Å²) in [7, 11) is 0. The first-order valence-corrected chi connectivity index (χ1v) is 8.18. The molecule has 1 heterocycles. The van der Waals surface area contributed by atoms with Crippen LogP contribution in [0.1, 0.15) is 63.3 Å². The van der Waals surface area contributed by atoms with E-state index in [1.165, 1.54) is 11.3 Å². The number of aromatic nitrogens is 1. The van der Waals surface area contributed by atoms with Crippen LogP contribution in [0.2, 0.25) is 0 Å². The van der Waals surface area contributed by atoms with Crippen molar-refractivity contribution in [1.82, 2.24) is 4.98 Å². The Kier molecular flexibility index (Phi) is 4.22. The minimum Gasteiger partial charge on any atom is -0.385 e. The highest BCUT2D eigenvalue weighted by Gasteiger charge is 2.45. The fourth-order valence-electron chi connectivity index (χ4n) is 3.23. The summed E-state index contributed by atoms with van der Waals surface area (Å²) in [6.07, 6.45) is 2.80. The van der Waals surface area contributed by atoms with Gasteiger partial charge < -0.3 is 5.11 Å². The Labute approximate surface area is 125 Å². The molecule has 20 heavy (non-hydrogen) atoms. The molecule has 0 saturated heterocycles. The highest BCUT2D eigenvalue weighted by molar-refractivity contribution is 7.09. The first-order valence-electron chi connectivity index (χ1n) is 7.30. The number of rotatable bonds is 2. The summed E-state index contributed by atoms with van der Waals surface area (Å²) in [6, 6.07) is 2.41. The van der Waals surface area contributed by atoms with Crippen LogP contribution in [0.4, 0.5) is 0 Å². The molecule has 0 bridgehead atoms. The van der Waals surface area contributed by atoms with E-state index in [9.17, 15) is 10.4 Å². The van der Waals surface area contributed by atoms with Crippen molar-refractivity contribution in [2.75, 3.05) is 0 Å². The number of hydrogen-bond acceptors (Lipinski definition) is 4. The average molecular weight is 292 g/mol. The number of aliphatic hydroxyl groups excluding tert-OH is 1. The lowest BCUT2D eigenvalue weighted by molar-refractivity contribution is 0.00627. The van der Waals surface area contributed by atoms with Gasteiger partial charge in [-0.2, -0.15) is 5.26 Å². The average Bonchev–Trinajstić information content (AvgIpc) is 2.83. The molecule has 0 amide bonds. The molecule has 1 saturated carbocycles. The third-order valence-electron chi connectivity index (χ3n) is 4.77. The summed E-state index contributed by atoms with van der Waals surface area (Å²) in [4.78, 5) is 4.36. The molecule has 110 valence electrons. The van der Waals surface area contributed by atoms with E-state index in [-0.39, 0.29) is 5.41 Å². The molecular weight excluding hydrogens is 268 g/mol. The van der Waals surface area contributed by atoms with Crippen LogP contribution in [-0.4, -0.2) is 10.1 Å². The Morgan fingerprint density at radius 3 is 2.45 bits per heavy atom. The van der Waals surface area contributed by atoms with Crippen molar-refractivity contribution < 1.29 is 5.11 Å². The van der Waals surface area contributed by atoms with Gasteiger partial charge in [-0.3, -0.25) is 0 Å². The Morgan fingerprint density at radius 2 is 2.05 bits per heavy atom. The van der Waals surface area contributed by atoms with E-state index in [2.05, 4.69) is 31.8 Å². The fraction of sp³-hybridized carbons (Fsp3) is 0.750. The van der Waals surface area contributed by atoms with E-state index in [1.54, 1.807) is 0 Å². The lowest BCUT2D eigenvalue weighted by Gasteiger charge is -2.42. The summed E-state index contributed by atoms with van der Waals surface area (Å²) in [5, 5.41) is 23.1. The second-order valence-electron chi connectivity index (χ2n) is 7.10. The van der Waals surface area contributed by atoms with Crippen LogP contribution in [0.25, 0.3) is 0 Å². The third-order valence-corrected chi connectivity index (χ3v) is 5.56. The summed E-state index contributed by atoms with van der Waals surface area (Å²) in [6.45, 7) is 8.71. The van der Waals surface area contributed by atoms with Crippen LogP contribution >= 0.6 is 11.3 Å². The molecule has 1 aliphatic rings. The second-order valence-corrected chi connectivity index (χ2v) is 8.16. The van der Waals surface area contributed by atoms with Gasteiger partial charge in [0, 0.05) is 5.38 Å². The number of nitrogens with zero attached hydrogens (tertiary/aromatic N) is 2. The quantitative estimate of drug-likeness (QED) is 0.887. The predicted octanol–water partition coefficient (Wildman–Crippen LogP) is 4.23. The van der Waals surface area contributed by atoms with Crippen molar-refractivity contribution in [3.63, 3.8) is 0 Å². The molecule has 1 fully saturated rings. The van der Waals surface area contributed by atoms with E-state index in [0.717, 1.165) is 30.7 Å². The Morgan fingerprint density at radius 1 is 1.45 bits per heavy atom. The largest absolute Gasteiger partial charge is 0.385 e. The first-order chi connectivity index (χ1) is 9.28. The molecule has 0 spiro atoms. The zero-order valence-corrected chi connectivity index (χ0v) is 13.6.